The molecular weight excluding hydrogens is 1050 g/mol. The van der Waals surface area contributed by atoms with Gasteiger partial charge >= 0.3 is 5.97 Å². The third-order valence-corrected chi connectivity index (χ3v) is 18.4. The highest BCUT2D eigenvalue weighted by Crippen LogP contribution is 2.19. The van der Waals surface area contributed by atoms with E-state index in [1.807, 2.05) is 0 Å². The van der Waals surface area contributed by atoms with Gasteiger partial charge in [0.05, 0.1) is 25.4 Å². The molecule has 2 atom stereocenters. The Kier molecular flexibility index (Phi) is 73.9. The van der Waals surface area contributed by atoms with Gasteiger partial charge in [0.2, 0.25) is 5.91 Å². The molecule has 0 aromatic carbocycles. The molecule has 0 aromatic heterocycles. The van der Waals surface area contributed by atoms with Gasteiger partial charge in [-0.2, -0.15) is 0 Å². The van der Waals surface area contributed by atoms with Crippen molar-refractivity contribution in [1.29, 1.82) is 0 Å². The molecule has 0 aliphatic carbocycles. The van der Waals surface area contributed by atoms with Gasteiger partial charge in [0.25, 0.3) is 0 Å². The summed E-state index contributed by atoms with van der Waals surface area (Å²) in [6, 6.07) is -0.539. The van der Waals surface area contributed by atoms with Crippen molar-refractivity contribution in [3.8, 4) is 0 Å². The predicted molar refractivity (Wildman–Crippen MR) is 379 cm³/mol. The summed E-state index contributed by atoms with van der Waals surface area (Å²) in [5.41, 5.74) is 0. The number of unbranched alkanes of at least 4 members (excludes halogenated alkanes) is 57. The first-order valence-electron chi connectivity index (χ1n) is 39.2. The lowest BCUT2D eigenvalue weighted by atomic mass is 10.0. The highest BCUT2D eigenvalue weighted by molar-refractivity contribution is 5.76. The molecule has 0 spiro atoms. The number of aliphatic hydroxyl groups is 2. The zero-order chi connectivity index (χ0) is 62.0. The molecule has 3 N–H and O–H groups in total. The van der Waals surface area contributed by atoms with Crippen LogP contribution < -0.4 is 5.32 Å². The van der Waals surface area contributed by atoms with Crippen molar-refractivity contribution in [1.82, 2.24) is 5.32 Å². The zero-order valence-electron chi connectivity index (χ0n) is 58.3. The van der Waals surface area contributed by atoms with Crippen LogP contribution in [0.1, 0.15) is 438 Å². The van der Waals surface area contributed by atoms with E-state index in [0.29, 0.717) is 25.9 Å². The van der Waals surface area contributed by atoms with Crippen LogP contribution in [0.25, 0.3) is 0 Å². The molecule has 0 rings (SSSR count). The van der Waals surface area contributed by atoms with E-state index in [0.717, 1.165) is 51.4 Å². The van der Waals surface area contributed by atoms with E-state index in [4.69, 9.17) is 4.74 Å². The Labute approximate surface area is 538 Å². The van der Waals surface area contributed by atoms with Crippen LogP contribution in [0.2, 0.25) is 0 Å². The Hall–Kier alpha value is -1.92. The number of nitrogens with one attached hydrogen (secondary N) is 1. The van der Waals surface area contributed by atoms with E-state index in [1.165, 1.54) is 353 Å². The Balaban J connectivity index is 3.35. The third-order valence-electron chi connectivity index (χ3n) is 18.4. The standard InChI is InChI=1S/C80H153NO5/c1-3-5-7-9-11-13-15-17-19-41-46-50-54-58-62-66-70-74-80(85)86-75-71-67-63-59-55-51-47-43-40-38-36-34-32-30-28-26-24-22-20-21-23-25-27-29-31-33-35-37-39-42-45-49-53-57-61-65-69-73-79(84)81-77(76-82)78(83)72-68-64-60-56-52-48-44-18-16-14-12-10-8-6-4-2/h17,19-20,22,26,28,77-78,82-83H,3-16,18,21,23-25,27,29-76H2,1-2H3,(H,81,84)/b19-17-,22-20-,28-26-. The van der Waals surface area contributed by atoms with Crippen molar-refractivity contribution in [3.63, 3.8) is 0 Å². The monoisotopic (exact) mass is 1210 g/mol. The Morgan fingerprint density at radius 3 is 0.895 bits per heavy atom. The number of allylic oxidation sites excluding steroid dienone is 6. The van der Waals surface area contributed by atoms with E-state index in [9.17, 15) is 19.8 Å². The summed E-state index contributed by atoms with van der Waals surface area (Å²) in [7, 11) is 0. The topological polar surface area (TPSA) is 95.9 Å². The van der Waals surface area contributed by atoms with Crippen molar-refractivity contribution in [2.45, 2.75) is 450 Å². The lowest BCUT2D eigenvalue weighted by Gasteiger charge is -2.22. The second-order valence-corrected chi connectivity index (χ2v) is 27.0. The van der Waals surface area contributed by atoms with Crippen LogP contribution in [0.15, 0.2) is 36.5 Å². The number of carbonyl (C=O) groups excluding carboxylic acids is 2. The van der Waals surface area contributed by atoms with Gasteiger partial charge in [-0.3, -0.25) is 9.59 Å². The molecular formula is C80H153NO5. The molecule has 0 saturated heterocycles. The first-order chi connectivity index (χ1) is 42.5. The largest absolute Gasteiger partial charge is 0.466 e. The van der Waals surface area contributed by atoms with E-state index in [1.54, 1.807) is 0 Å². The van der Waals surface area contributed by atoms with Gasteiger partial charge in [-0.1, -0.05) is 378 Å². The Morgan fingerprint density at radius 1 is 0.326 bits per heavy atom. The zero-order valence-corrected chi connectivity index (χ0v) is 58.3. The molecule has 0 saturated carbocycles. The average molecular weight is 1210 g/mol. The molecule has 0 aromatic rings. The lowest BCUT2D eigenvalue weighted by Crippen LogP contribution is -2.45. The normalized spacial score (nSPS) is 12.7. The minimum absolute atomic E-state index is 0.0161. The molecule has 0 aliphatic heterocycles. The van der Waals surface area contributed by atoms with Crippen LogP contribution in [0.5, 0.6) is 0 Å². The highest BCUT2D eigenvalue weighted by Gasteiger charge is 2.20. The maximum atomic E-state index is 12.5. The number of aliphatic hydroxyl groups excluding tert-OH is 2. The fraction of sp³-hybridized carbons (Fsp3) is 0.900. The molecule has 0 heterocycles. The summed E-state index contributed by atoms with van der Waals surface area (Å²) in [5, 5.41) is 23.4. The number of ether oxygens (including phenoxy) is 1. The third kappa shape index (κ3) is 71.2. The first kappa shape index (κ1) is 84.1. The van der Waals surface area contributed by atoms with Crippen LogP contribution in [-0.4, -0.2) is 47.4 Å². The maximum absolute atomic E-state index is 12.5. The summed E-state index contributed by atoms with van der Waals surface area (Å²) in [6.45, 7) is 4.99. The van der Waals surface area contributed by atoms with Crippen LogP contribution in [-0.2, 0) is 14.3 Å². The number of hydrogen-bond acceptors (Lipinski definition) is 5. The Morgan fingerprint density at radius 2 is 0.581 bits per heavy atom. The fourth-order valence-corrected chi connectivity index (χ4v) is 12.4. The van der Waals surface area contributed by atoms with Gasteiger partial charge in [0.1, 0.15) is 0 Å². The summed E-state index contributed by atoms with van der Waals surface area (Å²) in [5.74, 6) is -0.0130. The minimum Gasteiger partial charge on any atom is -0.466 e. The summed E-state index contributed by atoms with van der Waals surface area (Å²) in [6.07, 6.45) is 98.1. The van der Waals surface area contributed by atoms with Crippen LogP contribution in [0.4, 0.5) is 0 Å². The van der Waals surface area contributed by atoms with Gasteiger partial charge in [0, 0.05) is 12.8 Å². The molecule has 508 valence electrons. The second kappa shape index (κ2) is 75.5. The average Bonchev–Trinajstić information content (AvgIpc) is 3.55. The minimum atomic E-state index is -0.662. The molecule has 2 unspecified atom stereocenters. The quantitative estimate of drug-likeness (QED) is 0.0320. The summed E-state index contributed by atoms with van der Waals surface area (Å²) >= 11 is 0. The lowest BCUT2D eigenvalue weighted by molar-refractivity contribution is -0.143. The molecule has 0 bridgehead atoms. The number of amides is 1. The molecule has 0 fully saturated rings. The number of hydrogen-bond donors (Lipinski definition) is 3. The first-order valence-corrected chi connectivity index (χ1v) is 39.2. The van der Waals surface area contributed by atoms with Crippen molar-refractivity contribution >= 4 is 11.9 Å². The van der Waals surface area contributed by atoms with Gasteiger partial charge in [0.15, 0.2) is 0 Å². The van der Waals surface area contributed by atoms with Crippen LogP contribution >= 0.6 is 0 Å². The number of rotatable bonds is 74. The molecule has 86 heavy (non-hydrogen) atoms. The van der Waals surface area contributed by atoms with Crippen LogP contribution in [0.3, 0.4) is 0 Å². The predicted octanol–water partition coefficient (Wildman–Crippen LogP) is 25.8. The molecule has 6 heteroatoms. The number of carbonyl (C=O) groups is 2. The number of esters is 1. The summed E-state index contributed by atoms with van der Waals surface area (Å²) in [4.78, 5) is 24.6. The second-order valence-electron chi connectivity index (χ2n) is 27.0. The van der Waals surface area contributed by atoms with E-state index >= 15 is 0 Å². The van der Waals surface area contributed by atoms with E-state index in [-0.39, 0.29) is 18.5 Å². The van der Waals surface area contributed by atoms with Crippen molar-refractivity contribution in [2.24, 2.45) is 0 Å². The van der Waals surface area contributed by atoms with E-state index < -0.39 is 12.1 Å². The molecule has 0 aliphatic rings. The maximum Gasteiger partial charge on any atom is 0.305 e. The van der Waals surface area contributed by atoms with Crippen molar-refractivity contribution in [2.75, 3.05) is 13.2 Å². The molecule has 1 amide bonds. The SMILES string of the molecule is CCCCCCCC/C=C\CCCCCCCCCC(=O)OCCCCCCCCCCCCCCC/C=C\C/C=C\CCCCCCCCCCCCCCCCCCCC(=O)NC(CO)C(O)CCCCCCCCCCCCCCCCC. The van der Waals surface area contributed by atoms with Crippen LogP contribution in [0, 0.1) is 0 Å². The summed E-state index contributed by atoms with van der Waals surface area (Å²) < 4.78 is 5.51. The van der Waals surface area contributed by atoms with Gasteiger partial charge < -0.3 is 20.3 Å². The van der Waals surface area contributed by atoms with Crippen molar-refractivity contribution in [3.05, 3.63) is 36.5 Å². The molecule has 6 nitrogen and oxygen atoms in total. The smallest absolute Gasteiger partial charge is 0.305 e. The van der Waals surface area contributed by atoms with Crippen molar-refractivity contribution < 1.29 is 24.5 Å². The molecule has 0 radical (unpaired) electrons. The van der Waals surface area contributed by atoms with Gasteiger partial charge in [-0.25, -0.2) is 0 Å². The Bertz CT molecular complexity index is 1390. The fourth-order valence-electron chi connectivity index (χ4n) is 12.4. The van der Waals surface area contributed by atoms with Gasteiger partial charge in [-0.05, 0) is 83.5 Å². The highest BCUT2D eigenvalue weighted by atomic mass is 16.5. The van der Waals surface area contributed by atoms with Gasteiger partial charge in [-0.15, -0.1) is 0 Å². The van der Waals surface area contributed by atoms with E-state index in [2.05, 4.69) is 55.6 Å².